The Morgan fingerprint density at radius 1 is 1.19 bits per heavy atom. The molecule has 2 aliphatic carbocycles. The van der Waals surface area contributed by atoms with E-state index in [2.05, 4.69) is 31.2 Å². The highest BCUT2D eigenvalue weighted by molar-refractivity contribution is 6.05. The Hall–Kier alpha value is -2.56. The minimum absolute atomic E-state index is 0.0891. The van der Waals surface area contributed by atoms with E-state index in [9.17, 15) is 9.59 Å². The molecule has 3 aliphatic rings. The number of nitrogens with zero attached hydrogens (tertiary/aromatic N) is 2. The molecule has 4 rings (SSSR count). The lowest BCUT2D eigenvalue weighted by atomic mass is 9.93. The molecule has 0 unspecified atom stereocenters. The van der Waals surface area contributed by atoms with Crippen molar-refractivity contribution >= 4 is 28.9 Å². The van der Waals surface area contributed by atoms with Crippen LogP contribution in [0.25, 0.3) is 5.57 Å². The SMILES string of the molecule is CCCC1=C(c2ccc3c(c2)N(C(=O)OC(C)C)C[C@H](C)N3C(=O)C2CC2)C=CCCC1. The van der Waals surface area contributed by atoms with Gasteiger partial charge in [-0.25, -0.2) is 4.79 Å². The van der Waals surface area contributed by atoms with Crippen LogP contribution >= 0.6 is 0 Å². The van der Waals surface area contributed by atoms with Crippen LogP contribution < -0.4 is 9.80 Å². The topological polar surface area (TPSA) is 49.9 Å². The van der Waals surface area contributed by atoms with Crippen LogP contribution in [0.4, 0.5) is 16.2 Å². The molecule has 0 N–H and O–H groups in total. The minimum Gasteiger partial charge on any atom is -0.446 e. The van der Waals surface area contributed by atoms with E-state index in [1.54, 1.807) is 4.90 Å². The summed E-state index contributed by atoms with van der Waals surface area (Å²) in [4.78, 5) is 29.8. The number of amides is 2. The van der Waals surface area contributed by atoms with Gasteiger partial charge < -0.3 is 9.64 Å². The molecular weight excluding hydrogens is 400 g/mol. The van der Waals surface area contributed by atoms with Crippen molar-refractivity contribution in [2.24, 2.45) is 5.92 Å². The first-order valence-electron chi connectivity index (χ1n) is 12.2. The highest BCUT2D eigenvalue weighted by Crippen LogP contribution is 2.42. The largest absolute Gasteiger partial charge is 0.446 e. The number of hydrogen-bond acceptors (Lipinski definition) is 3. The van der Waals surface area contributed by atoms with E-state index in [1.807, 2.05) is 31.7 Å². The molecule has 0 aromatic heterocycles. The van der Waals surface area contributed by atoms with Gasteiger partial charge in [0, 0.05) is 12.5 Å². The smallest absolute Gasteiger partial charge is 0.414 e. The van der Waals surface area contributed by atoms with E-state index in [4.69, 9.17) is 4.74 Å². The van der Waals surface area contributed by atoms with Gasteiger partial charge in [-0.15, -0.1) is 0 Å². The first-order chi connectivity index (χ1) is 15.4. The van der Waals surface area contributed by atoms with Crippen molar-refractivity contribution in [1.82, 2.24) is 0 Å². The van der Waals surface area contributed by atoms with E-state index >= 15 is 0 Å². The van der Waals surface area contributed by atoms with Gasteiger partial charge in [0.15, 0.2) is 0 Å². The van der Waals surface area contributed by atoms with Crippen molar-refractivity contribution in [1.29, 1.82) is 0 Å². The van der Waals surface area contributed by atoms with E-state index in [0.717, 1.165) is 55.5 Å². The van der Waals surface area contributed by atoms with E-state index in [1.165, 1.54) is 17.6 Å². The number of benzene rings is 1. The molecule has 1 aromatic rings. The van der Waals surface area contributed by atoms with E-state index < -0.39 is 0 Å². The maximum atomic E-state index is 13.1. The Bertz CT molecular complexity index is 938. The summed E-state index contributed by atoms with van der Waals surface area (Å²) in [6, 6.07) is 6.16. The zero-order chi connectivity index (χ0) is 22.8. The number of rotatable bonds is 5. The van der Waals surface area contributed by atoms with Crippen LogP contribution in [0.5, 0.6) is 0 Å². The van der Waals surface area contributed by atoms with Gasteiger partial charge in [-0.1, -0.05) is 37.1 Å². The monoisotopic (exact) mass is 436 g/mol. The maximum Gasteiger partial charge on any atom is 0.414 e. The molecule has 5 heteroatoms. The molecule has 1 saturated carbocycles. The second-order valence-corrected chi connectivity index (χ2v) is 9.64. The summed E-state index contributed by atoms with van der Waals surface area (Å²) >= 11 is 0. The lowest BCUT2D eigenvalue weighted by Gasteiger charge is -2.41. The predicted octanol–water partition coefficient (Wildman–Crippen LogP) is 6.48. The molecule has 32 heavy (non-hydrogen) atoms. The van der Waals surface area contributed by atoms with Crippen molar-refractivity contribution in [3.63, 3.8) is 0 Å². The van der Waals surface area contributed by atoms with E-state index in [0.29, 0.717) is 6.54 Å². The van der Waals surface area contributed by atoms with Gasteiger partial charge in [0.25, 0.3) is 0 Å². The van der Waals surface area contributed by atoms with Crippen molar-refractivity contribution in [2.45, 2.75) is 84.8 Å². The summed E-state index contributed by atoms with van der Waals surface area (Å²) in [5.41, 5.74) is 5.46. The normalized spacial score (nSPS) is 21.0. The Balaban J connectivity index is 1.80. The van der Waals surface area contributed by atoms with Crippen LogP contribution in [0.3, 0.4) is 0 Å². The minimum atomic E-state index is -0.344. The van der Waals surface area contributed by atoms with Crippen LogP contribution in [0, 0.1) is 5.92 Å². The van der Waals surface area contributed by atoms with E-state index in [-0.39, 0.29) is 30.1 Å². The summed E-state index contributed by atoms with van der Waals surface area (Å²) in [6.45, 7) is 8.41. The standard InChI is InChI=1S/C27H36N2O3/c1-5-9-20-10-7-6-8-11-23(20)22-14-15-24-25(16-22)28(27(31)32-18(2)3)17-19(4)29(24)26(30)21-12-13-21/h8,11,14-16,18-19,21H,5-7,9-10,12-13,17H2,1-4H3/t19-/m0/s1. The summed E-state index contributed by atoms with van der Waals surface area (Å²) in [5.74, 6) is 0.312. The molecule has 1 aromatic carbocycles. The quantitative estimate of drug-likeness (QED) is 0.531. The highest BCUT2D eigenvalue weighted by Gasteiger charge is 2.41. The fraction of sp³-hybridized carbons (Fsp3) is 0.556. The van der Waals surface area contributed by atoms with Gasteiger partial charge in [0.1, 0.15) is 0 Å². The van der Waals surface area contributed by atoms with Gasteiger partial charge in [-0.3, -0.25) is 9.69 Å². The first kappa shape index (κ1) is 22.6. The summed E-state index contributed by atoms with van der Waals surface area (Å²) < 4.78 is 5.57. The van der Waals surface area contributed by atoms with Gasteiger partial charge in [-0.2, -0.15) is 0 Å². The van der Waals surface area contributed by atoms with Crippen molar-refractivity contribution in [3.05, 3.63) is 41.5 Å². The van der Waals surface area contributed by atoms with Crippen LogP contribution in [0.15, 0.2) is 35.9 Å². The number of carbonyl (C=O) groups excluding carboxylic acids is 2. The molecule has 0 bridgehead atoms. The third kappa shape index (κ3) is 4.62. The predicted molar refractivity (Wildman–Crippen MR) is 130 cm³/mol. The number of fused-ring (bicyclic) bond motifs is 1. The van der Waals surface area contributed by atoms with Gasteiger partial charge in [0.05, 0.1) is 23.5 Å². The Morgan fingerprint density at radius 2 is 1.97 bits per heavy atom. The van der Waals surface area contributed by atoms with Crippen LogP contribution in [-0.2, 0) is 9.53 Å². The molecule has 5 nitrogen and oxygen atoms in total. The second-order valence-electron chi connectivity index (χ2n) is 9.64. The molecule has 172 valence electrons. The van der Waals surface area contributed by atoms with Gasteiger partial charge >= 0.3 is 6.09 Å². The summed E-state index contributed by atoms with van der Waals surface area (Å²) in [5, 5.41) is 0. The number of ether oxygens (including phenoxy) is 1. The maximum absolute atomic E-state index is 13.1. The summed E-state index contributed by atoms with van der Waals surface area (Å²) in [7, 11) is 0. The number of anilines is 2. The third-order valence-electron chi connectivity index (χ3n) is 6.51. The Morgan fingerprint density at radius 3 is 2.66 bits per heavy atom. The molecule has 0 saturated heterocycles. The molecule has 1 atom stereocenters. The van der Waals surface area contributed by atoms with Crippen molar-refractivity contribution in [2.75, 3.05) is 16.3 Å². The number of allylic oxidation sites excluding steroid dienone is 4. The molecule has 0 radical (unpaired) electrons. The summed E-state index contributed by atoms with van der Waals surface area (Å²) in [6.07, 6.45) is 11.5. The average Bonchev–Trinajstić information content (AvgIpc) is 3.60. The number of carbonyl (C=O) groups is 2. The number of hydrogen-bond donors (Lipinski definition) is 0. The second kappa shape index (κ2) is 9.51. The molecule has 1 fully saturated rings. The van der Waals surface area contributed by atoms with Crippen molar-refractivity contribution in [3.8, 4) is 0 Å². The highest BCUT2D eigenvalue weighted by atomic mass is 16.6. The lowest BCUT2D eigenvalue weighted by Crippen LogP contribution is -2.52. The Kier molecular flexibility index (Phi) is 6.73. The molecule has 2 amide bonds. The van der Waals surface area contributed by atoms with Crippen molar-refractivity contribution < 1.29 is 14.3 Å². The Labute approximate surface area is 192 Å². The van der Waals surface area contributed by atoms with Crippen LogP contribution in [-0.4, -0.2) is 30.7 Å². The lowest BCUT2D eigenvalue weighted by molar-refractivity contribution is -0.120. The van der Waals surface area contributed by atoms with Gasteiger partial charge in [-0.05, 0) is 82.6 Å². The molecule has 1 heterocycles. The molecule has 1 aliphatic heterocycles. The zero-order valence-electron chi connectivity index (χ0n) is 19.9. The van der Waals surface area contributed by atoms with Gasteiger partial charge in [0.2, 0.25) is 5.91 Å². The van der Waals surface area contributed by atoms with Crippen LogP contribution in [0.1, 0.15) is 78.2 Å². The molecule has 0 spiro atoms. The fourth-order valence-corrected chi connectivity index (χ4v) is 4.84. The molecular formula is C27H36N2O3. The first-order valence-corrected chi connectivity index (χ1v) is 12.2. The fourth-order valence-electron chi connectivity index (χ4n) is 4.84. The zero-order valence-corrected chi connectivity index (χ0v) is 19.9. The van der Waals surface area contributed by atoms with Crippen LogP contribution in [0.2, 0.25) is 0 Å². The average molecular weight is 437 g/mol. The third-order valence-corrected chi connectivity index (χ3v) is 6.51.